The predicted octanol–water partition coefficient (Wildman–Crippen LogP) is 4.63. The first kappa shape index (κ1) is 22.4. The van der Waals surface area contributed by atoms with Gasteiger partial charge in [-0.25, -0.2) is 13.6 Å². The zero-order valence-corrected chi connectivity index (χ0v) is 17.1. The lowest BCUT2D eigenvalue weighted by Gasteiger charge is -2.21. The molecule has 0 amide bonds. The van der Waals surface area contributed by atoms with Crippen LogP contribution in [0.3, 0.4) is 0 Å². The van der Waals surface area contributed by atoms with Gasteiger partial charge in [0.1, 0.15) is 17.3 Å². The lowest BCUT2D eigenvalue weighted by molar-refractivity contribution is -0.146. The molecule has 3 rings (SSSR count). The largest absolute Gasteiger partial charge is 0.494 e. The number of aliphatic carboxylic acids is 1. The van der Waals surface area contributed by atoms with Crippen molar-refractivity contribution >= 4 is 23.4 Å². The van der Waals surface area contributed by atoms with Crippen molar-refractivity contribution in [3.05, 3.63) is 77.9 Å². The van der Waals surface area contributed by atoms with Gasteiger partial charge in [-0.2, -0.15) is 0 Å². The standard InChI is InChI=1S/C22H19F2NO5S/c1-29-18-9-2-12(10-16(18)24)21(20(26)22(27)28)31-19-11-15(7-8-17(19)25)30-14-5-3-13(23)4-6-14/h2-11,20-21,26H,25H2,1H3,(H,27,28)/t20-,21+/m1/s1. The van der Waals surface area contributed by atoms with Gasteiger partial charge in [-0.1, -0.05) is 6.07 Å². The van der Waals surface area contributed by atoms with Crippen LogP contribution in [0.25, 0.3) is 0 Å². The summed E-state index contributed by atoms with van der Waals surface area (Å²) in [5.41, 5.74) is 6.58. The number of carbonyl (C=O) groups is 1. The Hall–Kier alpha value is -3.30. The SMILES string of the molecule is COc1ccc([C@H](Sc2cc(Oc3ccc(F)cc3)ccc2N)[C@@H](O)C(=O)O)cc1F. The van der Waals surface area contributed by atoms with Gasteiger partial charge in [-0.3, -0.25) is 0 Å². The maximum atomic E-state index is 14.2. The Balaban J connectivity index is 1.92. The Kier molecular flexibility index (Phi) is 6.98. The van der Waals surface area contributed by atoms with Gasteiger partial charge in [0.25, 0.3) is 0 Å². The number of carboxylic acids is 1. The van der Waals surface area contributed by atoms with Crippen LogP contribution in [0.5, 0.6) is 17.2 Å². The summed E-state index contributed by atoms with van der Waals surface area (Å²) < 4.78 is 37.8. The monoisotopic (exact) mass is 447 g/mol. The molecule has 9 heteroatoms. The zero-order valence-electron chi connectivity index (χ0n) is 16.3. The number of aliphatic hydroxyl groups is 1. The Bertz CT molecular complexity index is 1080. The Morgan fingerprint density at radius 2 is 1.71 bits per heavy atom. The number of nitrogens with two attached hydrogens (primary N) is 1. The van der Waals surface area contributed by atoms with Crippen molar-refractivity contribution in [2.45, 2.75) is 16.2 Å². The van der Waals surface area contributed by atoms with E-state index in [1.807, 2.05) is 0 Å². The molecule has 0 aliphatic heterocycles. The summed E-state index contributed by atoms with van der Waals surface area (Å²) in [5.74, 6) is -1.81. The first-order valence-electron chi connectivity index (χ1n) is 9.02. The van der Waals surface area contributed by atoms with Crippen LogP contribution in [-0.2, 0) is 4.79 Å². The van der Waals surface area contributed by atoms with E-state index < -0.39 is 29.0 Å². The second-order valence-electron chi connectivity index (χ2n) is 6.47. The van der Waals surface area contributed by atoms with E-state index in [-0.39, 0.29) is 11.3 Å². The number of thioether (sulfide) groups is 1. The highest BCUT2D eigenvalue weighted by Crippen LogP contribution is 2.43. The average Bonchev–Trinajstić information content (AvgIpc) is 2.75. The van der Waals surface area contributed by atoms with Gasteiger partial charge < -0.3 is 25.4 Å². The van der Waals surface area contributed by atoms with Crippen molar-refractivity contribution in [1.82, 2.24) is 0 Å². The minimum absolute atomic E-state index is 0.00785. The van der Waals surface area contributed by atoms with Crippen LogP contribution in [0.2, 0.25) is 0 Å². The van der Waals surface area contributed by atoms with Gasteiger partial charge in [-0.05, 0) is 60.2 Å². The second kappa shape index (κ2) is 9.67. The summed E-state index contributed by atoms with van der Waals surface area (Å²) in [6.07, 6.45) is -1.83. The third-order valence-corrected chi connectivity index (χ3v) is 5.72. The fraction of sp³-hybridized carbons (Fsp3) is 0.136. The summed E-state index contributed by atoms with van der Waals surface area (Å²) in [6.45, 7) is 0. The minimum atomic E-state index is -1.83. The molecule has 0 unspecified atom stereocenters. The molecule has 3 aromatic carbocycles. The molecule has 0 spiro atoms. The summed E-state index contributed by atoms with van der Waals surface area (Å²) in [4.78, 5) is 11.9. The van der Waals surface area contributed by atoms with Crippen molar-refractivity contribution in [3.8, 4) is 17.2 Å². The summed E-state index contributed by atoms with van der Waals surface area (Å²) in [6, 6.07) is 14.1. The number of anilines is 1. The molecule has 2 atom stereocenters. The molecule has 162 valence electrons. The van der Waals surface area contributed by atoms with Crippen LogP contribution >= 0.6 is 11.8 Å². The van der Waals surface area contributed by atoms with Crippen LogP contribution in [0.4, 0.5) is 14.5 Å². The highest BCUT2D eigenvalue weighted by atomic mass is 32.2. The highest BCUT2D eigenvalue weighted by molar-refractivity contribution is 7.99. The van der Waals surface area contributed by atoms with Crippen molar-refractivity contribution in [2.75, 3.05) is 12.8 Å². The van der Waals surface area contributed by atoms with Crippen LogP contribution in [-0.4, -0.2) is 29.4 Å². The molecule has 0 saturated carbocycles. The third-order valence-electron chi connectivity index (χ3n) is 4.33. The van der Waals surface area contributed by atoms with Gasteiger partial charge in [0.15, 0.2) is 17.7 Å². The number of hydrogen-bond donors (Lipinski definition) is 3. The summed E-state index contributed by atoms with van der Waals surface area (Å²) in [7, 11) is 1.31. The maximum Gasteiger partial charge on any atom is 0.334 e. The average molecular weight is 447 g/mol. The predicted molar refractivity (Wildman–Crippen MR) is 113 cm³/mol. The molecular weight excluding hydrogens is 428 g/mol. The van der Waals surface area contributed by atoms with Crippen LogP contribution in [0, 0.1) is 11.6 Å². The van der Waals surface area contributed by atoms with Gasteiger partial charge >= 0.3 is 5.97 Å². The Labute approximate surface area is 181 Å². The molecule has 6 nitrogen and oxygen atoms in total. The minimum Gasteiger partial charge on any atom is -0.494 e. The van der Waals surface area contributed by atoms with E-state index in [9.17, 15) is 23.8 Å². The number of ether oxygens (including phenoxy) is 2. The second-order valence-corrected chi connectivity index (χ2v) is 7.65. The lowest BCUT2D eigenvalue weighted by Crippen LogP contribution is -2.26. The molecule has 0 fully saturated rings. The maximum absolute atomic E-state index is 14.2. The van der Waals surface area contributed by atoms with Crippen LogP contribution in [0.1, 0.15) is 10.8 Å². The summed E-state index contributed by atoms with van der Waals surface area (Å²) >= 11 is 0.951. The molecule has 0 bridgehead atoms. The van der Waals surface area contributed by atoms with Crippen molar-refractivity contribution in [2.24, 2.45) is 0 Å². The Morgan fingerprint density at radius 1 is 1.03 bits per heavy atom. The number of hydrogen-bond acceptors (Lipinski definition) is 6. The van der Waals surface area contributed by atoms with Crippen molar-refractivity contribution < 1.29 is 33.3 Å². The van der Waals surface area contributed by atoms with Crippen molar-refractivity contribution in [1.29, 1.82) is 0 Å². The number of carboxylic acid groups (broad SMARTS) is 1. The molecular formula is C22H19F2NO5S. The van der Waals surface area contributed by atoms with E-state index in [1.54, 1.807) is 18.2 Å². The molecule has 4 N–H and O–H groups in total. The third kappa shape index (κ3) is 5.44. The molecule has 0 aromatic heterocycles. The van der Waals surface area contributed by atoms with E-state index in [4.69, 9.17) is 15.2 Å². The van der Waals surface area contributed by atoms with Gasteiger partial charge in [0.05, 0.1) is 12.4 Å². The molecule has 31 heavy (non-hydrogen) atoms. The van der Waals surface area contributed by atoms with E-state index in [0.29, 0.717) is 22.1 Å². The number of benzene rings is 3. The van der Waals surface area contributed by atoms with Crippen molar-refractivity contribution in [3.63, 3.8) is 0 Å². The van der Waals surface area contributed by atoms with E-state index in [2.05, 4.69) is 0 Å². The molecule has 3 aromatic rings. The number of halogens is 2. The normalized spacial score (nSPS) is 12.8. The molecule has 0 radical (unpaired) electrons. The molecule has 0 saturated heterocycles. The Morgan fingerprint density at radius 3 is 2.32 bits per heavy atom. The number of rotatable bonds is 8. The van der Waals surface area contributed by atoms with E-state index in [0.717, 1.165) is 17.8 Å². The van der Waals surface area contributed by atoms with Gasteiger partial charge in [0, 0.05) is 10.6 Å². The number of aliphatic hydroxyl groups excluding tert-OH is 1. The molecule has 0 heterocycles. The highest BCUT2D eigenvalue weighted by Gasteiger charge is 2.30. The summed E-state index contributed by atoms with van der Waals surface area (Å²) in [5, 5.41) is 18.5. The number of methoxy groups -OCH3 is 1. The zero-order chi connectivity index (χ0) is 22.5. The lowest BCUT2D eigenvalue weighted by atomic mass is 10.1. The quantitative estimate of drug-likeness (QED) is 0.342. The fourth-order valence-electron chi connectivity index (χ4n) is 2.76. The van der Waals surface area contributed by atoms with E-state index in [1.165, 1.54) is 43.5 Å². The first-order chi connectivity index (χ1) is 14.8. The number of nitrogen functional groups attached to an aromatic ring is 1. The smallest absolute Gasteiger partial charge is 0.334 e. The van der Waals surface area contributed by atoms with Crippen LogP contribution in [0.15, 0.2) is 65.6 Å². The molecule has 0 aliphatic carbocycles. The van der Waals surface area contributed by atoms with Crippen LogP contribution < -0.4 is 15.2 Å². The van der Waals surface area contributed by atoms with Gasteiger partial charge in [0.2, 0.25) is 0 Å². The van der Waals surface area contributed by atoms with E-state index >= 15 is 0 Å². The van der Waals surface area contributed by atoms with Gasteiger partial charge in [-0.15, -0.1) is 11.8 Å². The first-order valence-corrected chi connectivity index (χ1v) is 9.90. The molecule has 0 aliphatic rings. The fourth-order valence-corrected chi connectivity index (χ4v) is 3.95. The topological polar surface area (TPSA) is 102 Å².